The Kier molecular flexibility index (Phi) is 8.27. The lowest BCUT2D eigenvalue weighted by Crippen LogP contribution is -2.73. The van der Waals surface area contributed by atoms with Crippen molar-refractivity contribution >= 4 is 52.5 Å². The summed E-state index contributed by atoms with van der Waals surface area (Å²) in [5.74, 6) is -1.94. The Bertz CT molecular complexity index is 1450. The van der Waals surface area contributed by atoms with E-state index in [1.165, 1.54) is 17.6 Å². The minimum atomic E-state index is -1.67. The van der Waals surface area contributed by atoms with Crippen LogP contribution in [0, 0.1) is 0 Å². The van der Waals surface area contributed by atoms with E-state index in [-0.39, 0.29) is 29.4 Å². The average Bonchev–Trinajstić information content (AvgIpc) is 3.48. The van der Waals surface area contributed by atoms with Crippen molar-refractivity contribution in [3.05, 3.63) is 105 Å². The van der Waals surface area contributed by atoms with Gasteiger partial charge in [0, 0.05) is 10.5 Å². The standard InChI is InChI=1S/C28H24N4O6S2/c33-17-30-29-15-20-16-40(37)27-23(31-22(34)14-21-12-7-13-39-21)26(35)32(27)24(20)28(36)38-25(18-8-3-1-4-9-18)19-10-5-2-6-11-19/h1-13,15,17,23,25,27H,14,16H2,(H,30,33)(H,31,34)/t23?,27-,40?/m0/s1. The van der Waals surface area contributed by atoms with Gasteiger partial charge >= 0.3 is 5.97 Å². The van der Waals surface area contributed by atoms with E-state index in [2.05, 4.69) is 15.8 Å². The molecule has 204 valence electrons. The third kappa shape index (κ3) is 5.63. The largest absolute Gasteiger partial charge is 0.448 e. The first-order valence-corrected chi connectivity index (χ1v) is 14.5. The van der Waals surface area contributed by atoms with Crippen LogP contribution in [0.15, 0.2) is 94.5 Å². The SMILES string of the molecule is O=CNN=CC1=C(C(=O)OC(c2ccccc2)c2ccccc2)N2C(=O)C(NC(=O)Cc3cccs3)[C@@H]2S(=O)C1. The maximum Gasteiger partial charge on any atom is 0.356 e. The molecule has 0 aliphatic carbocycles. The number of hydrogen-bond donors (Lipinski definition) is 2. The molecule has 3 heterocycles. The third-order valence-corrected chi connectivity index (χ3v) is 8.85. The molecule has 1 fully saturated rings. The third-order valence-electron chi connectivity index (χ3n) is 6.36. The van der Waals surface area contributed by atoms with Crippen molar-refractivity contribution in [3.63, 3.8) is 0 Å². The van der Waals surface area contributed by atoms with Gasteiger partial charge in [-0.2, -0.15) is 5.10 Å². The van der Waals surface area contributed by atoms with Gasteiger partial charge in [-0.1, -0.05) is 66.7 Å². The Morgan fingerprint density at radius 2 is 1.75 bits per heavy atom. The smallest absolute Gasteiger partial charge is 0.356 e. The quantitative estimate of drug-likeness (QED) is 0.125. The minimum absolute atomic E-state index is 0.0800. The van der Waals surface area contributed by atoms with E-state index in [1.807, 2.05) is 78.2 Å². The molecule has 12 heteroatoms. The van der Waals surface area contributed by atoms with Crippen molar-refractivity contribution in [3.8, 4) is 0 Å². The summed E-state index contributed by atoms with van der Waals surface area (Å²) in [6.45, 7) is 0. The number of hydrazone groups is 1. The predicted octanol–water partition coefficient (Wildman–Crippen LogP) is 2.02. The fourth-order valence-electron chi connectivity index (χ4n) is 4.58. The highest BCUT2D eigenvalue weighted by Gasteiger charge is 2.57. The number of thiophene rings is 1. The van der Waals surface area contributed by atoms with Crippen LogP contribution in [0.2, 0.25) is 0 Å². The van der Waals surface area contributed by atoms with Crippen molar-refractivity contribution in [2.24, 2.45) is 5.10 Å². The van der Waals surface area contributed by atoms with Crippen LogP contribution >= 0.6 is 11.3 Å². The van der Waals surface area contributed by atoms with Gasteiger partial charge in [0.1, 0.15) is 17.1 Å². The van der Waals surface area contributed by atoms with Crippen molar-refractivity contribution in [1.82, 2.24) is 15.6 Å². The number of carbonyl (C=O) groups excluding carboxylic acids is 4. The zero-order chi connectivity index (χ0) is 28.1. The van der Waals surface area contributed by atoms with Crippen LogP contribution in [-0.4, -0.2) is 56.7 Å². The maximum absolute atomic E-state index is 13.8. The van der Waals surface area contributed by atoms with Crippen LogP contribution in [0.5, 0.6) is 0 Å². The number of carbonyl (C=O) groups is 4. The Morgan fingerprint density at radius 3 is 2.35 bits per heavy atom. The molecule has 2 aliphatic heterocycles. The summed E-state index contributed by atoms with van der Waals surface area (Å²) < 4.78 is 19.2. The van der Waals surface area contributed by atoms with Gasteiger partial charge in [-0.05, 0) is 22.6 Å². The van der Waals surface area contributed by atoms with E-state index in [1.54, 1.807) is 0 Å². The van der Waals surface area contributed by atoms with Crippen molar-refractivity contribution in [2.45, 2.75) is 23.9 Å². The Balaban J connectivity index is 1.44. The van der Waals surface area contributed by atoms with E-state index in [0.29, 0.717) is 17.5 Å². The number of nitrogens with zero attached hydrogens (tertiary/aromatic N) is 2. The van der Waals surface area contributed by atoms with Crippen LogP contribution in [0.25, 0.3) is 0 Å². The molecule has 5 rings (SSSR count). The van der Waals surface area contributed by atoms with E-state index < -0.39 is 40.2 Å². The normalized spacial score (nSPS) is 20.2. The van der Waals surface area contributed by atoms with Crippen molar-refractivity contribution in [2.75, 3.05) is 5.75 Å². The van der Waals surface area contributed by atoms with Crippen LogP contribution in [0.3, 0.4) is 0 Å². The molecule has 0 radical (unpaired) electrons. The van der Waals surface area contributed by atoms with Gasteiger partial charge in [-0.25, -0.2) is 10.2 Å². The topological polar surface area (TPSA) is 134 Å². The van der Waals surface area contributed by atoms with Gasteiger partial charge in [0.15, 0.2) is 6.10 Å². The summed E-state index contributed by atoms with van der Waals surface area (Å²) in [4.78, 5) is 52.4. The summed E-state index contributed by atoms with van der Waals surface area (Å²) in [5.41, 5.74) is 3.57. The van der Waals surface area contributed by atoms with Gasteiger partial charge in [0.25, 0.3) is 5.91 Å². The first kappa shape index (κ1) is 27.2. The molecular formula is C28H24N4O6S2. The number of rotatable bonds is 10. The van der Waals surface area contributed by atoms with Gasteiger partial charge in [0.2, 0.25) is 12.3 Å². The highest BCUT2D eigenvalue weighted by atomic mass is 32.2. The number of esters is 1. The first-order chi connectivity index (χ1) is 19.5. The second kappa shape index (κ2) is 12.2. The number of nitrogens with one attached hydrogen (secondary N) is 2. The Labute approximate surface area is 236 Å². The zero-order valence-corrected chi connectivity index (χ0v) is 22.6. The maximum atomic E-state index is 13.8. The van der Waals surface area contributed by atoms with Gasteiger partial charge < -0.3 is 10.1 Å². The molecule has 3 amide bonds. The van der Waals surface area contributed by atoms with E-state index in [4.69, 9.17) is 4.74 Å². The molecule has 2 aliphatic rings. The predicted molar refractivity (Wildman–Crippen MR) is 149 cm³/mol. The van der Waals surface area contributed by atoms with E-state index in [9.17, 15) is 23.4 Å². The van der Waals surface area contributed by atoms with E-state index >= 15 is 0 Å². The number of amides is 3. The van der Waals surface area contributed by atoms with Gasteiger partial charge in [0.05, 0.1) is 29.2 Å². The molecular weight excluding hydrogens is 552 g/mol. The fraction of sp³-hybridized carbons (Fsp3) is 0.179. The number of benzene rings is 2. The molecule has 2 N–H and O–H groups in total. The molecule has 1 aromatic heterocycles. The monoisotopic (exact) mass is 576 g/mol. The van der Waals surface area contributed by atoms with Gasteiger partial charge in [-0.15, -0.1) is 11.3 Å². The summed E-state index contributed by atoms with van der Waals surface area (Å²) in [5, 5.41) is 7.31. The number of β-lactam (4-membered cyclic amide) rings is 1. The van der Waals surface area contributed by atoms with Gasteiger partial charge in [-0.3, -0.25) is 23.5 Å². The molecule has 1 saturated heterocycles. The second-order valence-electron chi connectivity index (χ2n) is 8.91. The van der Waals surface area contributed by atoms with Crippen LogP contribution in [0.1, 0.15) is 22.1 Å². The van der Waals surface area contributed by atoms with Crippen LogP contribution in [-0.2, 0) is 41.1 Å². The number of hydrogen-bond acceptors (Lipinski definition) is 8. The van der Waals surface area contributed by atoms with Crippen LogP contribution < -0.4 is 10.7 Å². The summed E-state index contributed by atoms with van der Waals surface area (Å²) >= 11 is 1.41. The lowest BCUT2D eigenvalue weighted by Gasteiger charge is -2.49. The highest BCUT2D eigenvalue weighted by molar-refractivity contribution is 7.86. The molecule has 0 spiro atoms. The number of fused-ring (bicyclic) bond motifs is 1. The zero-order valence-electron chi connectivity index (χ0n) is 21.0. The molecule has 0 saturated carbocycles. The average molecular weight is 577 g/mol. The molecule has 2 unspecified atom stereocenters. The lowest BCUT2D eigenvalue weighted by molar-refractivity contribution is -0.154. The molecule has 0 bridgehead atoms. The van der Waals surface area contributed by atoms with Crippen LogP contribution in [0.4, 0.5) is 0 Å². The molecule has 2 aromatic carbocycles. The molecule has 3 atom stereocenters. The number of ether oxygens (including phenoxy) is 1. The van der Waals surface area contributed by atoms with Crippen molar-refractivity contribution < 1.29 is 28.1 Å². The molecule has 10 nitrogen and oxygen atoms in total. The summed E-state index contributed by atoms with van der Waals surface area (Å²) in [7, 11) is -1.67. The van der Waals surface area contributed by atoms with E-state index in [0.717, 1.165) is 9.78 Å². The Morgan fingerprint density at radius 1 is 1.07 bits per heavy atom. The molecule has 3 aromatic rings. The lowest BCUT2D eigenvalue weighted by atomic mass is 10.0. The summed E-state index contributed by atoms with van der Waals surface area (Å²) in [6.07, 6.45) is 0.801. The Hall–Kier alpha value is -4.42. The summed E-state index contributed by atoms with van der Waals surface area (Å²) in [6, 6.07) is 20.8. The fourth-order valence-corrected chi connectivity index (χ4v) is 6.91. The minimum Gasteiger partial charge on any atom is -0.448 e. The molecule has 40 heavy (non-hydrogen) atoms. The second-order valence-corrected chi connectivity index (χ2v) is 11.5. The first-order valence-electron chi connectivity index (χ1n) is 12.3. The highest BCUT2D eigenvalue weighted by Crippen LogP contribution is 2.37. The van der Waals surface area contributed by atoms with Crippen molar-refractivity contribution in [1.29, 1.82) is 0 Å².